The number of nitrogens with zero attached hydrogens (tertiary/aromatic N) is 3. The second-order valence-electron chi connectivity index (χ2n) is 4.15. The van der Waals surface area contributed by atoms with Gasteiger partial charge < -0.3 is 15.4 Å². The van der Waals surface area contributed by atoms with Crippen LogP contribution >= 0.6 is 12.4 Å². The van der Waals surface area contributed by atoms with Crippen molar-refractivity contribution in [1.82, 2.24) is 10.3 Å². The van der Waals surface area contributed by atoms with Gasteiger partial charge in [-0.25, -0.2) is 4.98 Å². The van der Waals surface area contributed by atoms with Crippen LogP contribution in [0.3, 0.4) is 0 Å². The van der Waals surface area contributed by atoms with E-state index in [0.717, 1.165) is 42.2 Å². The number of fused-ring (bicyclic) bond motifs is 1. The van der Waals surface area contributed by atoms with E-state index in [9.17, 15) is 5.21 Å². The van der Waals surface area contributed by atoms with Crippen molar-refractivity contribution in [2.45, 2.75) is 0 Å². The van der Waals surface area contributed by atoms with Crippen LogP contribution in [0, 0.1) is 5.21 Å². The molecule has 6 heteroatoms. The van der Waals surface area contributed by atoms with Gasteiger partial charge in [-0.3, -0.25) is 0 Å². The molecule has 18 heavy (non-hydrogen) atoms. The number of halogens is 1. The molecule has 1 aromatic heterocycles. The standard InChI is InChI=1S/C12H14N4O.ClH/c17-16-9-12(15-7-5-13-6-8-15)14-10-3-1-2-4-11(10)16;/h1-4,9,13H,5-8H2;1H. The second-order valence-corrected chi connectivity index (χ2v) is 4.15. The summed E-state index contributed by atoms with van der Waals surface area (Å²) in [6.45, 7) is 3.66. The number of benzene rings is 1. The highest BCUT2D eigenvalue weighted by molar-refractivity contribution is 5.85. The lowest BCUT2D eigenvalue weighted by Gasteiger charge is -2.27. The first-order valence-corrected chi connectivity index (χ1v) is 5.79. The Bertz CT molecular complexity index is 543. The summed E-state index contributed by atoms with van der Waals surface area (Å²) in [6, 6.07) is 7.41. The number of aromatic nitrogens is 2. The Morgan fingerprint density at radius 1 is 1.22 bits per heavy atom. The Kier molecular flexibility index (Phi) is 3.84. The molecular weight excluding hydrogens is 252 g/mol. The van der Waals surface area contributed by atoms with E-state index in [-0.39, 0.29) is 12.4 Å². The minimum absolute atomic E-state index is 0. The van der Waals surface area contributed by atoms with Crippen LogP contribution in [0.25, 0.3) is 11.0 Å². The molecular formula is C12H15ClN4O. The van der Waals surface area contributed by atoms with Crippen molar-refractivity contribution in [1.29, 1.82) is 0 Å². The van der Waals surface area contributed by atoms with Crippen molar-refractivity contribution in [3.8, 4) is 0 Å². The van der Waals surface area contributed by atoms with Gasteiger partial charge in [0.25, 0.3) is 0 Å². The fourth-order valence-corrected chi connectivity index (χ4v) is 2.12. The van der Waals surface area contributed by atoms with Gasteiger partial charge in [0.05, 0.1) is 0 Å². The van der Waals surface area contributed by atoms with Crippen LogP contribution in [0.2, 0.25) is 0 Å². The molecule has 0 amide bonds. The lowest BCUT2D eigenvalue weighted by atomic mass is 10.3. The number of anilines is 1. The average Bonchev–Trinajstić information content (AvgIpc) is 2.40. The van der Waals surface area contributed by atoms with E-state index in [4.69, 9.17) is 0 Å². The summed E-state index contributed by atoms with van der Waals surface area (Å²) in [4.78, 5) is 6.67. The smallest absolute Gasteiger partial charge is 0.242 e. The van der Waals surface area contributed by atoms with E-state index in [0.29, 0.717) is 5.52 Å². The maximum atomic E-state index is 11.9. The molecule has 0 bridgehead atoms. The predicted molar refractivity (Wildman–Crippen MR) is 73.0 cm³/mol. The van der Waals surface area contributed by atoms with Gasteiger partial charge in [0.1, 0.15) is 5.52 Å². The van der Waals surface area contributed by atoms with Crippen molar-refractivity contribution >= 4 is 29.3 Å². The van der Waals surface area contributed by atoms with Gasteiger partial charge in [0.15, 0.2) is 5.82 Å². The Morgan fingerprint density at radius 2 is 1.94 bits per heavy atom. The summed E-state index contributed by atoms with van der Waals surface area (Å²) in [5, 5.41) is 15.2. The van der Waals surface area contributed by atoms with Gasteiger partial charge in [-0.2, -0.15) is 4.73 Å². The van der Waals surface area contributed by atoms with Gasteiger partial charge in [0, 0.05) is 32.2 Å². The van der Waals surface area contributed by atoms with Crippen molar-refractivity contribution in [3.63, 3.8) is 0 Å². The molecule has 2 heterocycles. The van der Waals surface area contributed by atoms with E-state index in [1.165, 1.54) is 0 Å². The molecule has 1 fully saturated rings. The molecule has 0 aliphatic carbocycles. The van der Waals surface area contributed by atoms with Crippen LogP contribution < -0.4 is 14.9 Å². The molecule has 1 aromatic carbocycles. The molecule has 5 nitrogen and oxygen atoms in total. The maximum absolute atomic E-state index is 11.9. The third kappa shape index (κ3) is 2.32. The molecule has 1 aliphatic heterocycles. The topological polar surface area (TPSA) is 55.1 Å². The zero-order valence-corrected chi connectivity index (χ0v) is 10.7. The van der Waals surface area contributed by atoms with Crippen LogP contribution in [-0.4, -0.2) is 31.2 Å². The summed E-state index contributed by atoms with van der Waals surface area (Å²) in [6.07, 6.45) is 1.56. The molecule has 1 aliphatic rings. The highest BCUT2D eigenvalue weighted by Crippen LogP contribution is 2.14. The van der Waals surface area contributed by atoms with Crippen LogP contribution in [0.15, 0.2) is 30.5 Å². The largest absolute Gasteiger partial charge is 0.618 e. The van der Waals surface area contributed by atoms with Gasteiger partial charge >= 0.3 is 0 Å². The van der Waals surface area contributed by atoms with E-state index in [2.05, 4.69) is 15.2 Å². The summed E-state index contributed by atoms with van der Waals surface area (Å²) < 4.78 is 0.902. The molecule has 3 rings (SSSR count). The van der Waals surface area contributed by atoms with Gasteiger partial charge in [-0.1, -0.05) is 12.1 Å². The molecule has 96 valence electrons. The van der Waals surface area contributed by atoms with Crippen LogP contribution in [0.5, 0.6) is 0 Å². The van der Waals surface area contributed by atoms with Crippen LogP contribution in [0.1, 0.15) is 0 Å². The summed E-state index contributed by atoms with van der Waals surface area (Å²) >= 11 is 0. The first kappa shape index (κ1) is 12.9. The lowest BCUT2D eigenvalue weighted by molar-refractivity contribution is -0.576. The highest BCUT2D eigenvalue weighted by atomic mass is 35.5. The Balaban J connectivity index is 0.00000120. The van der Waals surface area contributed by atoms with Gasteiger partial charge in [-0.15, -0.1) is 12.4 Å². The number of piperazine rings is 1. The van der Waals surface area contributed by atoms with Gasteiger partial charge in [-0.05, 0) is 6.07 Å². The van der Waals surface area contributed by atoms with Crippen molar-refractivity contribution in [2.75, 3.05) is 31.1 Å². The normalized spacial score (nSPS) is 15.4. The highest BCUT2D eigenvalue weighted by Gasteiger charge is 2.16. The minimum atomic E-state index is 0. The number of nitrogens with one attached hydrogen (secondary N) is 1. The summed E-state index contributed by atoms with van der Waals surface area (Å²) in [7, 11) is 0. The van der Waals surface area contributed by atoms with Gasteiger partial charge in [0.2, 0.25) is 11.7 Å². The fraction of sp³-hybridized carbons (Fsp3) is 0.333. The fourth-order valence-electron chi connectivity index (χ4n) is 2.12. The quantitative estimate of drug-likeness (QED) is 0.610. The van der Waals surface area contributed by atoms with Crippen LogP contribution in [-0.2, 0) is 0 Å². The first-order valence-electron chi connectivity index (χ1n) is 5.79. The number of rotatable bonds is 1. The van der Waals surface area contributed by atoms with E-state index in [1.54, 1.807) is 12.3 Å². The van der Waals surface area contributed by atoms with Crippen molar-refractivity contribution in [2.24, 2.45) is 0 Å². The van der Waals surface area contributed by atoms with E-state index in [1.807, 2.05) is 18.2 Å². The third-order valence-corrected chi connectivity index (χ3v) is 3.03. The molecule has 2 aromatic rings. The average molecular weight is 267 g/mol. The van der Waals surface area contributed by atoms with Crippen molar-refractivity contribution in [3.05, 3.63) is 35.7 Å². The molecule has 0 atom stereocenters. The monoisotopic (exact) mass is 266 g/mol. The molecule has 0 radical (unpaired) electrons. The third-order valence-electron chi connectivity index (χ3n) is 3.03. The Morgan fingerprint density at radius 3 is 2.72 bits per heavy atom. The predicted octanol–water partition coefficient (Wildman–Crippen LogP) is 0.700. The zero-order valence-electron chi connectivity index (χ0n) is 9.87. The minimum Gasteiger partial charge on any atom is -0.618 e. The molecule has 0 unspecified atom stereocenters. The molecule has 0 spiro atoms. The molecule has 1 saturated heterocycles. The first-order chi connectivity index (χ1) is 8.34. The number of hydrogen-bond acceptors (Lipinski definition) is 4. The Hall–Kier alpha value is -1.59. The van der Waals surface area contributed by atoms with Crippen molar-refractivity contribution < 1.29 is 4.73 Å². The second kappa shape index (κ2) is 5.37. The number of hydrogen-bond donors (Lipinski definition) is 1. The van der Waals surface area contributed by atoms with Crippen LogP contribution in [0.4, 0.5) is 5.82 Å². The Labute approximate surface area is 111 Å². The molecule has 0 saturated carbocycles. The molecule has 1 N–H and O–H groups in total. The summed E-state index contributed by atoms with van der Waals surface area (Å²) in [5.41, 5.74) is 1.37. The zero-order chi connectivity index (χ0) is 11.7. The number of para-hydroxylation sites is 2. The van der Waals surface area contributed by atoms with E-state index >= 15 is 0 Å². The summed E-state index contributed by atoms with van der Waals surface area (Å²) in [5.74, 6) is 0.764. The SMILES string of the molecule is Cl.[O-][n+]1cc(N2CCNCC2)nc2ccccc21. The lowest BCUT2D eigenvalue weighted by Crippen LogP contribution is -2.45. The maximum Gasteiger partial charge on any atom is 0.242 e. The van der Waals surface area contributed by atoms with E-state index < -0.39 is 0 Å².